The fourth-order valence-corrected chi connectivity index (χ4v) is 3.45. The number of benzene rings is 1. The van der Waals surface area contributed by atoms with Crippen LogP contribution in [-0.4, -0.2) is 18.8 Å². The second-order valence-corrected chi connectivity index (χ2v) is 7.01. The van der Waals surface area contributed by atoms with Crippen LogP contribution in [0.5, 0.6) is 0 Å². The van der Waals surface area contributed by atoms with Gasteiger partial charge in [-0.15, -0.1) is 0 Å². The van der Waals surface area contributed by atoms with Crippen LogP contribution in [0.1, 0.15) is 44.6 Å². The highest BCUT2D eigenvalue weighted by molar-refractivity contribution is 9.10. The van der Waals surface area contributed by atoms with Gasteiger partial charge in [0, 0.05) is 11.1 Å². The molecule has 0 aromatic heterocycles. The van der Waals surface area contributed by atoms with Gasteiger partial charge in [-0.1, -0.05) is 28.1 Å². The van der Waals surface area contributed by atoms with Crippen molar-refractivity contribution < 1.29 is 4.74 Å². The average Bonchev–Trinajstić information content (AvgIpc) is 2.36. The molecule has 0 aliphatic carbocycles. The molecule has 1 saturated heterocycles. The summed E-state index contributed by atoms with van der Waals surface area (Å²) in [6, 6.07) is 8.71. The predicted molar refractivity (Wildman–Crippen MR) is 83.3 cm³/mol. The van der Waals surface area contributed by atoms with E-state index in [4.69, 9.17) is 10.5 Å². The van der Waals surface area contributed by atoms with Crippen LogP contribution in [-0.2, 0) is 4.74 Å². The minimum atomic E-state index is 0.00509. The molecule has 1 aromatic carbocycles. The molecule has 0 bridgehead atoms. The molecule has 106 valence electrons. The van der Waals surface area contributed by atoms with Crippen LogP contribution < -0.4 is 5.73 Å². The van der Waals surface area contributed by atoms with Gasteiger partial charge in [-0.25, -0.2) is 0 Å². The van der Waals surface area contributed by atoms with E-state index in [1.54, 1.807) is 0 Å². The lowest BCUT2D eigenvalue weighted by molar-refractivity contribution is -0.0771. The molecule has 2 unspecified atom stereocenters. The van der Waals surface area contributed by atoms with Crippen LogP contribution in [0.4, 0.5) is 0 Å². The lowest BCUT2D eigenvalue weighted by Gasteiger charge is -2.39. The molecule has 2 rings (SSSR count). The van der Waals surface area contributed by atoms with Crippen molar-refractivity contribution in [1.82, 2.24) is 0 Å². The minimum Gasteiger partial charge on any atom is -0.376 e. The van der Waals surface area contributed by atoms with Crippen LogP contribution in [0.3, 0.4) is 0 Å². The summed E-state index contributed by atoms with van der Waals surface area (Å²) in [6.45, 7) is 6.01. The van der Waals surface area contributed by atoms with Crippen molar-refractivity contribution in [3.8, 4) is 0 Å². The largest absolute Gasteiger partial charge is 0.376 e. The van der Waals surface area contributed by atoms with Gasteiger partial charge in [-0.05, 0) is 69.2 Å². The Morgan fingerprint density at radius 1 is 1.37 bits per heavy atom. The van der Waals surface area contributed by atoms with Crippen molar-refractivity contribution in [2.75, 3.05) is 13.2 Å². The van der Waals surface area contributed by atoms with E-state index in [1.165, 1.54) is 5.56 Å². The molecule has 0 amide bonds. The van der Waals surface area contributed by atoms with Gasteiger partial charge < -0.3 is 10.5 Å². The maximum absolute atomic E-state index is 5.84. The Balaban J connectivity index is 2.17. The molecule has 0 radical (unpaired) electrons. The summed E-state index contributed by atoms with van der Waals surface area (Å²) in [4.78, 5) is 0. The number of halogens is 1. The maximum atomic E-state index is 5.84. The molecule has 0 saturated carbocycles. The molecule has 1 heterocycles. The van der Waals surface area contributed by atoms with Crippen LogP contribution in [0, 0.1) is 5.92 Å². The Kier molecular flexibility index (Phi) is 5.04. The first-order valence-corrected chi connectivity index (χ1v) is 7.90. The smallest absolute Gasteiger partial charge is 0.0629 e. The number of hydrogen-bond donors (Lipinski definition) is 1. The number of nitrogens with two attached hydrogens (primary N) is 1. The Labute approximate surface area is 124 Å². The second-order valence-electron chi connectivity index (χ2n) is 6.10. The molecule has 19 heavy (non-hydrogen) atoms. The summed E-state index contributed by atoms with van der Waals surface area (Å²) >= 11 is 3.50. The molecule has 1 aliphatic rings. The van der Waals surface area contributed by atoms with Crippen molar-refractivity contribution in [1.29, 1.82) is 0 Å². The van der Waals surface area contributed by atoms with Crippen molar-refractivity contribution in [2.24, 2.45) is 11.7 Å². The highest BCUT2D eigenvalue weighted by Gasteiger charge is 2.33. The van der Waals surface area contributed by atoms with E-state index < -0.39 is 0 Å². The van der Waals surface area contributed by atoms with Crippen molar-refractivity contribution in [2.45, 2.75) is 44.6 Å². The van der Waals surface area contributed by atoms with E-state index in [0.29, 0.717) is 11.8 Å². The Bertz CT molecular complexity index is 402. The lowest BCUT2D eigenvalue weighted by Crippen LogP contribution is -2.36. The fraction of sp³-hybridized carbons (Fsp3) is 0.625. The lowest BCUT2D eigenvalue weighted by atomic mass is 9.75. The van der Waals surface area contributed by atoms with E-state index in [2.05, 4.69) is 54.0 Å². The third-order valence-electron chi connectivity index (χ3n) is 4.08. The van der Waals surface area contributed by atoms with Crippen molar-refractivity contribution in [3.05, 3.63) is 34.3 Å². The van der Waals surface area contributed by atoms with Crippen LogP contribution in [0.25, 0.3) is 0 Å². The molecule has 1 aromatic rings. The number of hydrogen-bond acceptors (Lipinski definition) is 2. The highest BCUT2D eigenvalue weighted by atomic mass is 79.9. The molecular weight excluding hydrogens is 302 g/mol. The summed E-state index contributed by atoms with van der Waals surface area (Å²) in [5.74, 6) is 1.23. The number of ether oxygens (including phenoxy) is 1. The molecule has 2 atom stereocenters. The monoisotopic (exact) mass is 325 g/mol. The third kappa shape index (κ3) is 4.04. The summed E-state index contributed by atoms with van der Waals surface area (Å²) in [6.07, 6.45) is 3.32. The van der Waals surface area contributed by atoms with Crippen molar-refractivity contribution in [3.63, 3.8) is 0 Å². The van der Waals surface area contributed by atoms with Gasteiger partial charge >= 0.3 is 0 Å². The normalized spacial score (nSPS) is 24.1. The standard InChI is InChI=1S/C16H24BrNO/c1-16(2)11-13(8-10-19-16)15(7-9-18)12-3-5-14(17)6-4-12/h3-6,13,15H,7-11,18H2,1-2H3. The summed E-state index contributed by atoms with van der Waals surface area (Å²) in [7, 11) is 0. The first kappa shape index (κ1) is 15.0. The quantitative estimate of drug-likeness (QED) is 0.904. The molecule has 1 aliphatic heterocycles. The molecule has 2 nitrogen and oxygen atoms in total. The summed E-state index contributed by atoms with van der Waals surface area (Å²) < 4.78 is 6.97. The van der Waals surface area contributed by atoms with Gasteiger partial charge in [0.2, 0.25) is 0 Å². The van der Waals surface area contributed by atoms with Gasteiger partial charge in [0.1, 0.15) is 0 Å². The Hall–Kier alpha value is -0.380. The Morgan fingerprint density at radius 3 is 2.63 bits per heavy atom. The highest BCUT2D eigenvalue weighted by Crippen LogP contribution is 2.39. The van der Waals surface area contributed by atoms with Crippen LogP contribution in [0.15, 0.2) is 28.7 Å². The first-order chi connectivity index (χ1) is 9.02. The molecule has 2 N–H and O–H groups in total. The molecule has 3 heteroatoms. The zero-order valence-electron chi connectivity index (χ0n) is 11.9. The topological polar surface area (TPSA) is 35.2 Å². The maximum Gasteiger partial charge on any atom is 0.0629 e. The van der Waals surface area contributed by atoms with Crippen LogP contribution >= 0.6 is 15.9 Å². The SMILES string of the molecule is CC1(C)CC(C(CCN)c2ccc(Br)cc2)CCO1. The zero-order valence-corrected chi connectivity index (χ0v) is 13.4. The number of rotatable bonds is 4. The fourth-order valence-electron chi connectivity index (χ4n) is 3.19. The summed E-state index contributed by atoms with van der Waals surface area (Å²) in [5.41, 5.74) is 7.25. The van der Waals surface area contributed by atoms with E-state index in [1.807, 2.05) is 0 Å². The van der Waals surface area contributed by atoms with E-state index in [9.17, 15) is 0 Å². The van der Waals surface area contributed by atoms with Gasteiger partial charge in [-0.3, -0.25) is 0 Å². The van der Waals surface area contributed by atoms with Gasteiger partial charge in [0.25, 0.3) is 0 Å². The average molecular weight is 326 g/mol. The van der Waals surface area contributed by atoms with Gasteiger partial charge in [0.05, 0.1) is 5.60 Å². The van der Waals surface area contributed by atoms with Crippen molar-refractivity contribution >= 4 is 15.9 Å². The van der Waals surface area contributed by atoms with E-state index in [0.717, 1.165) is 36.9 Å². The zero-order chi connectivity index (χ0) is 13.9. The minimum absolute atomic E-state index is 0.00509. The molecular formula is C16H24BrNO. The van der Waals surface area contributed by atoms with Gasteiger partial charge in [0.15, 0.2) is 0 Å². The predicted octanol–water partition coefficient (Wildman–Crippen LogP) is 4.09. The van der Waals surface area contributed by atoms with Gasteiger partial charge in [-0.2, -0.15) is 0 Å². The molecule has 0 spiro atoms. The van der Waals surface area contributed by atoms with Crippen LogP contribution in [0.2, 0.25) is 0 Å². The van der Waals surface area contributed by atoms with E-state index >= 15 is 0 Å². The van der Waals surface area contributed by atoms with E-state index in [-0.39, 0.29) is 5.60 Å². The second kappa shape index (κ2) is 6.38. The Morgan fingerprint density at radius 2 is 2.05 bits per heavy atom. The molecule has 1 fully saturated rings. The summed E-state index contributed by atoms with van der Waals surface area (Å²) in [5, 5.41) is 0. The first-order valence-electron chi connectivity index (χ1n) is 7.11. The third-order valence-corrected chi connectivity index (χ3v) is 4.61.